The monoisotopic (exact) mass is 408 g/mol. The normalized spacial score (nSPS) is 36.3. The van der Waals surface area contributed by atoms with Crippen LogP contribution in [0.3, 0.4) is 0 Å². The van der Waals surface area contributed by atoms with E-state index in [4.69, 9.17) is 12.7 Å². The fraction of sp³-hybridized carbons (Fsp3) is 0.840. The van der Waals surface area contributed by atoms with E-state index in [0.717, 1.165) is 38.5 Å². The summed E-state index contributed by atoms with van der Waals surface area (Å²) in [4.78, 5) is 0. The highest BCUT2D eigenvalue weighted by molar-refractivity contribution is 6.74. The molecular formula is C25H42O2Si. The molecule has 0 saturated heterocycles. The topological polar surface area (TPSA) is 29.5 Å². The molecule has 0 aromatic heterocycles. The molecule has 158 valence electrons. The molecule has 3 aliphatic rings. The Kier molecular flexibility index (Phi) is 3.82. The van der Waals surface area contributed by atoms with Crippen LogP contribution in [0.25, 0.3) is 0 Å². The summed E-state index contributed by atoms with van der Waals surface area (Å²) in [6, 6.07) is 0. The zero-order valence-corrected chi connectivity index (χ0v) is 19.5. The van der Waals surface area contributed by atoms with Crippen molar-refractivity contribution in [2.45, 2.75) is 116 Å². The Morgan fingerprint density at radius 3 is 2.54 bits per heavy atom. The van der Waals surface area contributed by atoms with E-state index >= 15 is 0 Å². The van der Waals surface area contributed by atoms with Crippen LogP contribution in [0.2, 0.25) is 18.1 Å². The van der Waals surface area contributed by atoms with Crippen molar-refractivity contribution in [1.82, 2.24) is 0 Å². The zero-order valence-electron chi connectivity index (χ0n) is 24.5. The van der Waals surface area contributed by atoms with Crippen LogP contribution in [-0.4, -0.2) is 25.1 Å². The van der Waals surface area contributed by atoms with Gasteiger partial charge in [0.15, 0.2) is 8.32 Å². The molecule has 0 aromatic carbocycles. The van der Waals surface area contributed by atoms with Crippen molar-refractivity contribution in [2.24, 2.45) is 16.7 Å². The Morgan fingerprint density at radius 1 is 1.29 bits per heavy atom. The van der Waals surface area contributed by atoms with E-state index in [1.165, 1.54) is 5.57 Å². The Bertz CT molecular complexity index is 868. The van der Waals surface area contributed by atoms with E-state index < -0.39 is 27.6 Å². The Balaban J connectivity index is 1.82. The molecule has 2 nitrogen and oxygen atoms in total. The van der Waals surface area contributed by atoms with Crippen LogP contribution in [0.4, 0.5) is 0 Å². The van der Waals surface area contributed by atoms with Crippen molar-refractivity contribution < 1.29 is 17.8 Å². The second-order valence-electron chi connectivity index (χ2n) is 11.2. The first-order valence-corrected chi connectivity index (χ1v) is 13.7. The fourth-order valence-corrected chi connectivity index (χ4v) is 6.64. The fourth-order valence-electron chi connectivity index (χ4n) is 5.24. The Labute approximate surface area is 183 Å². The van der Waals surface area contributed by atoms with Gasteiger partial charge in [-0.25, -0.2) is 0 Å². The molecule has 0 spiro atoms. The third-order valence-electron chi connectivity index (χ3n) is 8.02. The average molecular weight is 409 g/mol. The maximum absolute atomic E-state index is 10.5. The minimum atomic E-state index is -3.11. The van der Waals surface area contributed by atoms with Gasteiger partial charge in [-0.3, -0.25) is 0 Å². The standard InChI is InChI=1S/C25H42O2Si/c1-22(2,3)28(7,8)27-20-11-9-15-24(6)19(20)12-13-21(24)25(17-18-25)16-10-14-23(4,5)26/h13,19-20,26H,9,11-12,15-18H2,1-8H3/t19-,20-,24+/m0/s1/i4D3,5D3. The summed E-state index contributed by atoms with van der Waals surface area (Å²) in [5.74, 6) is 5.51. The molecule has 0 amide bonds. The lowest BCUT2D eigenvalue weighted by molar-refractivity contribution is 0.0150. The number of hydrogen-bond acceptors (Lipinski definition) is 2. The minimum Gasteiger partial charge on any atom is -0.414 e. The van der Waals surface area contributed by atoms with Crippen LogP contribution in [0, 0.1) is 28.6 Å². The lowest BCUT2D eigenvalue weighted by atomic mass is 9.62. The van der Waals surface area contributed by atoms with Gasteiger partial charge in [0, 0.05) is 26.2 Å². The van der Waals surface area contributed by atoms with Crippen LogP contribution in [-0.2, 0) is 4.43 Å². The third-order valence-corrected chi connectivity index (χ3v) is 12.5. The predicted octanol–water partition coefficient (Wildman–Crippen LogP) is 6.46. The van der Waals surface area contributed by atoms with Gasteiger partial charge in [0.05, 0.1) is 0 Å². The van der Waals surface area contributed by atoms with Crippen LogP contribution >= 0.6 is 0 Å². The molecule has 0 aliphatic heterocycles. The molecule has 0 unspecified atom stereocenters. The number of allylic oxidation sites excluding steroid dienone is 2. The Morgan fingerprint density at radius 2 is 1.96 bits per heavy atom. The van der Waals surface area contributed by atoms with E-state index in [1.807, 2.05) is 0 Å². The second-order valence-corrected chi connectivity index (χ2v) is 15.9. The maximum atomic E-state index is 10.5. The predicted molar refractivity (Wildman–Crippen MR) is 121 cm³/mol. The van der Waals surface area contributed by atoms with Crippen LogP contribution in [0.5, 0.6) is 0 Å². The van der Waals surface area contributed by atoms with Gasteiger partial charge in [-0.2, -0.15) is 0 Å². The SMILES string of the molecule is [2H]C([2H])([2H])C(O)(C#CCC1(C2=CC[C@H]3[C@@H](O[Si](C)(C)C(C)(C)C)CCC[C@@]23C)CC1)C([2H])([2H])[2H]. The molecule has 0 aromatic rings. The molecule has 2 fully saturated rings. The van der Waals surface area contributed by atoms with Gasteiger partial charge < -0.3 is 9.53 Å². The van der Waals surface area contributed by atoms with Crippen molar-refractivity contribution >= 4 is 8.32 Å². The molecule has 2 saturated carbocycles. The maximum Gasteiger partial charge on any atom is 0.192 e. The van der Waals surface area contributed by atoms with Gasteiger partial charge >= 0.3 is 0 Å². The molecule has 3 rings (SSSR count). The molecule has 0 bridgehead atoms. The first-order valence-electron chi connectivity index (χ1n) is 13.8. The lowest BCUT2D eigenvalue weighted by Crippen LogP contribution is -2.49. The van der Waals surface area contributed by atoms with Crippen LogP contribution in [0.1, 0.15) is 94.6 Å². The van der Waals surface area contributed by atoms with Crippen molar-refractivity contribution in [3.8, 4) is 11.8 Å². The van der Waals surface area contributed by atoms with Gasteiger partial charge in [0.25, 0.3) is 0 Å². The summed E-state index contributed by atoms with van der Waals surface area (Å²) >= 11 is 0. The zero-order chi connectivity index (χ0) is 26.0. The molecule has 3 aliphatic carbocycles. The molecule has 3 heteroatoms. The number of hydrogen-bond donors (Lipinski definition) is 1. The third kappa shape index (κ3) is 4.16. The van der Waals surface area contributed by atoms with Gasteiger partial charge in [-0.05, 0) is 75.3 Å². The van der Waals surface area contributed by atoms with Gasteiger partial charge in [0.1, 0.15) is 5.60 Å². The summed E-state index contributed by atoms with van der Waals surface area (Å²) in [7, 11) is -1.90. The summed E-state index contributed by atoms with van der Waals surface area (Å²) in [6.07, 6.45) is 9.20. The van der Waals surface area contributed by atoms with E-state index in [0.29, 0.717) is 12.3 Å². The van der Waals surface area contributed by atoms with Gasteiger partial charge in [-0.1, -0.05) is 57.6 Å². The van der Waals surface area contributed by atoms with E-state index in [-0.39, 0.29) is 22.0 Å². The molecule has 3 atom stereocenters. The molecule has 1 N–H and O–H groups in total. The largest absolute Gasteiger partial charge is 0.414 e. The highest BCUT2D eigenvalue weighted by atomic mass is 28.4. The van der Waals surface area contributed by atoms with Crippen molar-refractivity contribution in [2.75, 3.05) is 0 Å². The van der Waals surface area contributed by atoms with Crippen molar-refractivity contribution in [3.05, 3.63) is 11.6 Å². The quantitative estimate of drug-likeness (QED) is 0.329. The van der Waals surface area contributed by atoms with Gasteiger partial charge in [-0.15, -0.1) is 0 Å². The van der Waals surface area contributed by atoms with E-state index in [1.54, 1.807) is 0 Å². The van der Waals surface area contributed by atoms with E-state index in [2.05, 4.69) is 58.7 Å². The molecular weight excluding hydrogens is 360 g/mol. The molecule has 0 heterocycles. The average Bonchev–Trinajstić information content (AvgIpc) is 3.32. The first-order chi connectivity index (χ1) is 15.2. The first kappa shape index (κ1) is 15.3. The molecule has 28 heavy (non-hydrogen) atoms. The highest BCUT2D eigenvalue weighted by Gasteiger charge is 2.58. The van der Waals surface area contributed by atoms with E-state index in [9.17, 15) is 5.11 Å². The van der Waals surface area contributed by atoms with Crippen molar-refractivity contribution in [1.29, 1.82) is 0 Å². The number of rotatable bonds is 4. The smallest absolute Gasteiger partial charge is 0.192 e. The van der Waals surface area contributed by atoms with Crippen LogP contribution in [0.15, 0.2) is 11.6 Å². The van der Waals surface area contributed by atoms with Gasteiger partial charge in [0.2, 0.25) is 0 Å². The van der Waals surface area contributed by atoms with Crippen LogP contribution < -0.4 is 0 Å². The number of aliphatic hydroxyl groups is 1. The summed E-state index contributed by atoms with van der Waals surface area (Å²) in [5, 5.41) is 10.6. The number of fused-ring (bicyclic) bond motifs is 1. The molecule has 0 radical (unpaired) electrons. The highest BCUT2D eigenvalue weighted by Crippen LogP contribution is 2.67. The summed E-state index contributed by atoms with van der Waals surface area (Å²) in [5.41, 5.74) is -1.73. The Hall–Kier alpha value is -0.563. The van der Waals surface area contributed by atoms with Crippen molar-refractivity contribution in [3.63, 3.8) is 0 Å². The second kappa shape index (κ2) is 7.00. The summed E-state index contributed by atoms with van der Waals surface area (Å²) < 4.78 is 52.2. The minimum absolute atomic E-state index is 0.0216. The lowest BCUT2D eigenvalue weighted by Gasteiger charge is -2.49. The summed E-state index contributed by atoms with van der Waals surface area (Å²) in [6.45, 7) is 7.60.